The fourth-order valence-electron chi connectivity index (χ4n) is 2.74. The fraction of sp³-hybridized carbons (Fsp3) is 0.571. The average molecular weight is 268 g/mol. The highest BCUT2D eigenvalue weighted by Crippen LogP contribution is 2.57. The molecular formula is C14H18ClNO2. The van der Waals surface area contributed by atoms with Crippen molar-refractivity contribution >= 4 is 11.6 Å². The van der Waals surface area contributed by atoms with Crippen molar-refractivity contribution in [2.24, 2.45) is 5.73 Å². The monoisotopic (exact) mass is 267 g/mol. The Bertz CT molecular complexity index is 469. The summed E-state index contributed by atoms with van der Waals surface area (Å²) in [5.74, 6) is 1.62. The van der Waals surface area contributed by atoms with Gasteiger partial charge in [0.05, 0.1) is 13.2 Å². The molecule has 1 atom stereocenters. The lowest BCUT2D eigenvalue weighted by molar-refractivity contribution is 0.295. The molecule has 1 heterocycles. The SMILES string of the molecule is CC(N)C1(c2c(Cl)ccc3c2OCCCO3)CC1. The van der Waals surface area contributed by atoms with E-state index in [1.54, 1.807) is 0 Å². The summed E-state index contributed by atoms with van der Waals surface area (Å²) in [5.41, 5.74) is 7.19. The third kappa shape index (κ3) is 1.77. The van der Waals surface area contributed by atoms with Gasteiger partial charge < -0.3 is 15.2 Å². The molecule has 1 aliphatic carbocycles. The van der Waals surface area contributed by atoms with Gasteiger partial charge in [-0.25, -0.2) is 0 Å². The molecule has 0 saturated heterocycles. The van der Waals surface area contributed by atoms with Crippen molar-refractivity contribution in [2.75, 3.05) is 13.2 Å². The summed E-state index contributed by atoms with van der Waals surface area (Å²) in [6.45, 7) is 3.41. The maximum atomic E-state index is 6.39. The maximum absolute atomic E-state index is 6.39. The van der Waals surface area contributed by atoms with E-state index in [4.69, 9.17) is 26.8 Å². The smallest absolute Gasteiger partial charge is 0.166 e. The van der Waals surface area contributed by atoms with E-state index in [9.17, 15) is 0 Å². The first-order valence-corrected chi connectivity index (χ1v) is 6.87. The maximum Gasteiger partial charge on any atom is 0.166 e. The summed E-state index contributed by atoms with van der Waals surface area (Å²) in [6, 6.07) is 3.87. The highest BCUT2D eigenvalue weighted by atomic mass is 35.5. The molecule has 1 aromatic rings. The minimum atomic E-state index is -0.0177. The first kappa shape index (κ1) is 12.1. The number of fused-ring (bicyclic) bond motifs is 1. The lowest BCUT2D eigenvalue weighted by Crippen LogP contribution is -2.32. The Labute approximate surface area is 112 Å². The van der Waals surface area contributed by atoms with Crippen LogP contribution in [0.5, 0.6) is 11.5 Å². The highest BCUT2D eigenvalue weighted by Gasteiger charge is 2.51. The van der Waals surface area contributed by atoms with Crippen LogP contribution in [0.3, 0.4) is 0 Å². The number of hydrogen-bond donors (Lipinski definition) is 1. The van der Waals surface area contributed by atoms with Gasteiger partial charge >= 0.3 is 0 Å². The number of benzene rings is 1. The lowest BCUT2D eigenvalue weighted by Gasteiger charge is -2.25. The van der Waals surface area contributed by atoms with Gasteiger partial charge in [-0.2, -0.15) is 0 Å². The topological polar surface area (TPSA) is 44.5 Å². The molecule has 0 bridgehead atoms. The molecule has 4 heteroatoms. The molecular weight excluding hydrogens is 250 g/mol. The quantitative estimate of drug-likeness (QED) is 0.896. The fourth-order valence-corrected chi connectivity index (χ4v) is 3.08. The molecule has 0 spiro atoms. The molecule has 98 valence electrons. The van der Waals surface area contributed by atoms with E-state index in [2.05, 4.69) is 0 Å². The van der Waals surface area contributed by atoms with E-state index in [1.165, 1.54) is 0 Å². The second-order valence-corrected chi connectivity index (χ2v) is 5.65. The van der Waals surface area contributed by atoms with E-state index in [1.807, 2.05) is 19.1 Å². The van der Waals surface area contributed by atoms with Crippen molar-refractivity contribution in [3.8, 4) is 11.5 Å². The van der Waals surface area contributed by atoms with Gasteiger partial charge in [0.15, 0.2) is 11.5 Å². The standard InChI is InChI=1S/C14H18ClNO2/c1-9(16)14(5-6-14)12-10(15)3-4-11-13(12)18-8-2-7-17-11/h3-4,9H,2,5-8,16H2,1H3. The first-order chi connectivity index (χ1) is 8.65. The van der Waals surface area contributed by atoms with Gasteiger partial charge in [0.25, 0.3) is 0 Å². The van der Waals surface area contributed by atoms with Crippen LogP contribution in [0.4, 0.5) is 0 Å². The molecule has 3 nitrogen and oxygen atoms in total. The van der Waals surface area contributed by atoms with Crippen molar-refractivity contribution in [3.63, 3.8) is 0 Å². The van der Waals surface area contributed by atoms with E-state index < -0.39 is 0 Å². The van der Waals surface area contributed by atoms with Crippen molar-refractivity contribution < 1.29 is 9.47 Å². The van der Waals surface area contributed by atoms with Gasteiger partial charge in [-0.15, -0.1) is 0 Å². The van der Waals surface area contributed by atoms with Crippen molar-refractivity contribution in [1.82, 2.24) is 0 Å². The average Bonchev–Trinajstić information content (AvgIpc) is 3.12. The van der Waals surface area contributed by atoms with Crippen LogP contribution in [0, 0.1) is 0 Å². The van der Waals surface area contributed by atoms with Gasteiger partial charge in [0.1, 0.15) is 0 Å². The molecule has 3 rings (SSSR count). The third-order valence-electron chi connectivity index (χ3n) is 4.02. The number of ether oxygens (including phenoxy) is 2. The van der Waals surface area contributed by atoms with Gasteiger partial charge in [0, 0.05) is 28.5 Å². The minimum absolute atomic E-state index is 0.0177. The second-order valence-electron chi connectivity index (χ2n) is 5.24. The molecule has 1 aromatic carbocycles. The van der Waals surface area contributed by atoms with Crippen LogP contribution < -0.4 is 15.2 Å². The highest BCUT2D eigenvalue weighted by molar-refractivity contribution is 6.31. The van der Waals surface area contributed by atoms with Crippen LogP contribution in [0.1, 0.15) is 31.7 Å². The molecule has 2 N–H and O–H groups in total. The van der Waals surface area contributed by atoms with Gasteiger partial charge in [-0.3, -0.25) is 0 Å². The molecule has 0 amide bonds. The van der Waals surface area contributed by atoms with E-state index in [0.29, 0.717) is 13.2 Å². The zero-order valence-corrected chi connectivity index (χ0v) is 11.3. The van der Waals surface area contributed by atoms with Crippen LogP contribution in [0.25, 0.3) is 0 Å². The molecule has 2 aliphatic rings. The zero-order chi connectivity index (χ0) is 12.8. The zero-order valence-electron chi connectivity index (χ0n) is 10.5. The largest absolute Gasteiger partial charge is 0.490 e. The van der Waals surface area contributed by atoms with Gasteiger partial charge in [0.2, 0.25) is 0 Å². The van der Waals surface area contributed by atoms with E-state index in [0.717, 1.165) is 41.3 Å². The first-order valence-electron chi connectivity index (χ1n) is 6.49. The molecule has 0 radical (unpaired) electrons. The van der Waals surface area contributed by atoms with Crippen molar-refractivity contribution in [3.05, 3.63) is 22.7 Å². The number of nitrogens with two attached hydrogens (primary N) is 1. The Morgan fingerprint density at radius 1 is 1.28 bits per heavy atom. The van der Waals surface area contributed by atoms with Crippen LogP contribution in [0.2, 0.25) is 5.02 Å². The third-order valence-corrected chi connectivity index (χ3v) is 4.34. The molecule has 1 aliphatic heterocycles. The normalized spacial score (nSPS) is 22.2. The van der Waals surface area contributed by atoms with Crippen molar-refractivity contribution in [1.29, 1.82) is 0 Å². The summed E-state index contributed by atoms with van der Waals surface area (Å²) in [7, 11) is 0. The Morgan fingerprint density at radius 2 is 2.00 bits per heavy atom. The Morgan fingerprint density at radius 3 is 2.67 bits per heavy atom. The van der Waals surface area contributed by atoms with E-state index >= 15 is 0 Å². The number of hydrogen-bond acceptors (Lipinski definition) is 3. The molecule has 1 unspecified atom stereocenters. The van der Waals surface area contributed by atoms with Crippen LogP contribution in [0.15, 0.2) is 12.1 Å². The second kappa shape index (κ2) is 4.32. The van der Waals surface area contributed by atoms with Crippen LogP contribution in [-0.2, 0) is 5.41 Å². The number of rotatable bonds is 2. The van der Waals surface area contributed by atoms with Gasteiger partial charge in [-0.1, -0.05) is 11.6 Å². The summed E-state index contributed by atoms with van der Waals surface area (Å²) < 4.78 is 11.6. The lowest BCUT2D eigenvalue weighted by atomic mass is 9.88. The van der Waals surface area contributed by atoms with Crippen LogP contribution in [-0.4, -0.2) is 19.3 Å². The van der Waals surface area contributed by atoms with Crippen LogP contribution >= 0.6 is 11.6 Å². The predicted octanol–water partition coefficient (Wildman–Crippen LogP) is 2.88. The van der Waals surface area contributed by atoms with E-state index in [-0.39, 0.29) is 11.5 Å². The predicted molar refractivity (Wildman–Crippen MR) is 71.6 cm³/mol. The summed E-state index contributed by atoms with van der Waals surface area (Å²) in [4.78, 5) is 0. The molecule has 1 saturated carbocycles. The molecule has 0 aromatic heterocycles. The number of halogens is 1. The summed E-state index contributed by atoms with van der Waals surface area (Å²) >= 11 is 6.39. The summed E-state index contributed by atoms with van der Waals surface area (Å²) in [5, 5.41) is 0.744. The molecule has 18 heavy (non-hydrogen) atoms. The Hall–Kier alpha value is -0.930. The minimum Gasteiger partial charge on any atom is -0.490 e. The van der Waals surface area contributed by atoms with Crippen molar-refractivity contribution in [2.45, 2.75) is 37.6 Å². The Kier molecular flexibility index (Phi) is 2.91. The Balaban J connectivity index is 2.13. The molecule has 1 fully saturated rings. The van der Waals surface area contributed by atoms with Gasteiger partial charge in [-0.05, 0) is 31.9 Å². The summed E-state index contributed by atoms with van der Waals surface area (Å²) in [6.07, 6.45) is 3.05.